The van der Waals surface area contributed by atoms with Crippen molar-refractivity contribution in [2.75, 3.05) is 21.9 Å². The monoisotopic (exact) mass is 280 g/mol. The third-order valence-corrected chi connectivity index (χ3v) is 4.08. The fraction of sp³-hybridized carbons (Fsp3) is 0.308. The fourth-order valence-corrected chi connectivity index (χ4v) is 2.90. The minimum Gasteiger partial charge on any atom is -0.312 e. The maximum Gasteiger partial charge on any atom is 0.236 e. The standard InChI is InChI=1S/C13H16N2O3S/c1-2-10-19(17,18)14-11-5-7-12(8-6-11)15-9-3-4-13(15)16/h2,5-8,14H,1,3-4,9-10H2. The van der Waals surface area contributed by atoms with Gasteiger partial charge in [-0.15, -0.1) is 6.58 Å². The molecule has 1 fully saturated rings. The summed E-state index contributed by atoms with van der Waals surface area (Å²) >= 11 is 0. The number of rotatable bonds is 5. The molecule has 1 aliphatic rings. The highest BCUT2D eigenvalue weighted by Crippen LogP contribution is 2.23. The van der Waals surface area contributed by atoms with E-state index in [0.717, 1.165) is 18.7 Å². The van der Waals surface area contributed by atoms with Crippen LogP contribution >= 0.6 is 0 Å². The molecule has 1 amide bonds. The zero-order chi connectivity index (χ0) is 13.9. The molecular formula is C13H16N2O3S. The Balaban J connectivity index is 2.10. The van der Waals surface area contributed by atoms with Gasteiger partial charge in [-0.25, -0.2) is 8.42 Å². The lowest BCUT2D eigenvalue weighted by Gasteiger charge is -2.16. The largest absolute Gasteiger partial charge is 0.312 e. The number of anilines is 2. The van der Waals surface area contributed by atoms with Gasteiger partial charge in [0.2, 0.25) is 15.9 Å². The number of amides is 1. The molecule has 2 rings (SSSR count). The molecule has 6 heteroatoms. The smallest absolute Gasteiger partial charge is 0.236 e. The Kier molecular flexibility index (Phi) is 3.90. The molecule has 0 aromatic heterocycles. The van der Waals surface area contributed by atoms with E-state index in [1.54, 1.807) is 29.2 Å². The predicted octanol–water partition coefficient (Wildman–Crippen LogP) is 1.74. The molecular weight excluding hydrogens is 264 g/mol. The van der Waals surface area contributed by atoms with E-state index in [0.29, 0.717) is 12.1 Å². The minimum atomic E-state index is -3.38. The molecule has 0 radical (unpaired) electrons. The van der Waals surface area contributed by atoms with Gasteiger partial charge in [-0.1, -0.05) is 6.08 Å². The second kappa shape index (κ2) is 5.44. The van der Waals surface area contributed by atoms with Gasteiger partial charge < -0.3 is 4.90 Å². The number of carbonyl (C=O) groups excluding carboxylic acids is 1. The Bertz CT molecular complexity index is 578. The summed E-state index contributed by atoms with van der Waals surface area (Å²) in [5.41, 5.74) is 1.28. The first kappa shape index (κ1) is 13.6. The van der Waals surface area contributed by atoms with Crippen LogP contribution in [0.25, 0.3) is 0 Å². The Morgan fingerprint density at radius 2 is 2.00 bits per heavy atom. The Labute approximate surface area is 113 Å². The summed E-state index contributed by atoms with van der Waals surface area (Å²) in [5.74, 6) is -0.0145. The van der Waals surface area contributed by atoms with Gasteiger partial charge in [0.05, 0.1) is 5.75 Å². The van der Waals surface area contributed by atoms with Crippen LogP contribution in [0.1, 0.15) is 12.8 Å². The van der Waals surface area contributed by atoms with Crippen LogP contribution < -0.4 is 9.62 Å². The van der Waals surface area contributed by atoms with Crippen LogP contribution in [0.5, 0.6) is 0 Å². The normalized spacial score (nSPS) is 15.6. The first-order chi connectivity index (χ1) is 9.02. The second-order valence-electron chi connectivity index (χ2n) is 4.37. The summed E-state index contributed by atoms with van der Waals surface area (Å²) in [7, 11) is -3.38. The molecule has 0 atom stereocenters. The highest BCUT2D eigenvalue weighted by atomic mass is 32.2. The zero-order valence-electron chi connectivity index (χ0n) is 10.5. The van der Waals surface area contributed by atoms with Gasteiger partial charge in [-0.05, 0) is 30.7 Å². The van der Waals surface area contributed by atoms with Gasteiger partial charge in [-0.3, -0.25) is 9.52 Å². The van der Waals surface area contributed by atoms with Crippen molar-refractivity contribution in [2.24, 2.45) is 0 Å². The maximum atomic E-state index is 11.6. The number of hydrogen-bond donors (Lipinski definition) is 1. The van der Waals surface area contributed by atoms with Gasteiger partial charge in [0.15, 0.2) is 0 Å². The van der Waals surface area contributed by atoms with Crippen molar-refractivity contribution < 1.29 is 13.2 Å². The minimum absolute atomic E-state index is 0.111. The average molecular weight is 280 g/mol. The number of sulfonamides is 1. The lowest BCUT2D eigenvalue weighted by atomic mass is 10.2. The van der Waals surface area contributed by atoms with Crippen molar-refractivity contribution in [3.8, 4) is 0 Å². The molecule has 1 aromatic carbocycles. The molecule has 102 valence electrons. The third kappa shape index (κ3) is 3.35. The van der Waals surface area contributed by atoms with Crippen molar-refractivity contribution in [2.45, 2.75) is 12.8 Å². The molecule has 0 spiro atoms. The molecule has 1 N–H and O–H groups in total. The average Bonchev–Trinajstić information content (AvgIpc) is 2.76. The topological polar surface area (TPSA) is 66.5 Å². The molecule has 0 unspecified atom stereocenters. The zero-order valence-corrected chi connectivity index (χ0v) is 11.3. The van der Waals surface area contributed by atoms with Crippen molar-refractivity contribution >= 4 is 27.3 Å². The third-order valence-electron chi connectivity index (χ3n) is 2.86. The van der Waals surface area contributed by atoms with Crippen LogP contribution in [0.4, 0.5) is 11.4 Å². The summed E-state index contributed by atoms with van der Waals surface area (Å²) < 4.78 is 25.5. The highest BCUT2D eigenvalue weighted by Gasteiger charge is 2.21. The molecule has 0 bridgehead atoms. The van der Waals surface area contributed by atoms with Gasteiger partial charge in [0, 0.05) is 24.3 Å². The van der Waals surface area contributed by atoms with Gasteiger partial charge in [0.25, 0.3) is 0 Å². The van der Waals surface area contributed by atoms with Crippen molar-refractivity contribution in [1.82, 2.24) is 0 Å². The van der Waals surface area contributed by atoms with Crippen LogP contribution in [-0.2, 0) is 14.8 Å². The molecule has 5 nitrogen and oxygen atoms in total. The first-order valence-corrected chi connectivity index (χ1v) is 7.69. The van der Waals surface area contributed by atoms with E-state index in [2.05, 4.69) is 11.3 Å². The van der Waals surface area contributed by atoms with E-state index in [-0.39, 0.29) is 11.7 Å². The molecule has 0 saturated carbocycles. The SMILES string of the molecule is C=CCS(=O)(=O)Nc1ccc(N2CCCC2=O)cc1. The van der Waals surface area contributed by atoms with Crippen LogP contribution in [0.2, 0.25) is 0 Å². The van der Waals surface area contributed by atoms with E-state index in [4.69, 9.17) is 0 Å². The van der Waals surface area contributed by atoms with Crippen LogP contribution in [0.15, 0.2) is 36.9 Å². The van der Waals surface area contributed by atoms with E-state index in [1.165, 1.54) is 6.08 Å². The van der Waals surface area contributed by atoms with Gasteiger partial charge in [0.1, 0.15) is 0 Å². The second-order valence-corrected chi connectivity index (χ2v) is 6.13. The van der Waals surface area contributed by atoms with Crippen LogP contribution in [-0.4, -0.2) is 26.6 Å². The Morgan fingerprint density at radius 1 is 1.32 bits per heavy atom. The molecule has 19 heavy (non-hydrogen) atoms. The quantitative estimate of drug-likeness (QED) is 0.835. The molecule has 0 aliphatic carbocycles. The Morgan fingerprint density at radius 3 is 2.53 bits per heavy atom. The highest BCUT2D eigenvalue weighted by molar-refractivity contribution is 7.92. The van der Waals surface area contributed by atoms with Crippen molar-refractivity contribution in [3.05, 3.63) is 36.9 Å². The summed E-state index contributed by atoms with van der Waals surface area (Å²) in [6.07, 6.45) is 2.78. The lowest BCUT2D eigenvalue weighted by molar-refractivity contribution is -0.117. The summed E-state index contributed by atoms with van der Waals surface area (Å²) in [4.78, 5) is 13.3. The Hall–Kier alpha value is -1.82. The summed E-state index contributed by atoms with van der Waals surface area (Å²) in [5, 5.41) is 0. The number of hydrogen-bond acceptors (Lipinski definition) is 3. The maximum absolute atomic E-state index is 11.6. The first-order valence-electron chi connectivity index (χ1n) is 6.04. The van der Waals surface area contributed by atoms with Gasteiger partial charge in [-0.2, -0.15) is 0 Å². The number of nitrogens with one attached hydrogen (secondary N) is 1. The van der Waals surface area contributed by atoms with Crippen molar-refractivity contribution in [3.63, 3.8) is 0 Å². The number of nitrogens with zero attached hydrogens (tertiary/aromatic N) is 1. The van der Waals surface area contributed by atoms with E-state index in [9.17, 15) is 13.2 Å². The number of benzene rings is 1. The molecule has 1 heterocycles. The molecule has 1 aliphatic heterocycles. The molecule has 1 aromatic rings. The number of carbonyl (C=O) groups is 1. The van der Waals surface area contributed by atoms with E-state index in [1.807, 2.05) is 0 Å². The van der Waals surface area contributed by atoms with Gasteiger partial charge >= 0.3 is 0 Å². The van der Waals surface area contributed by atoms with Crippen LogP contribution in [0.3, 0.4) is 0 Å². The van der Waals surface area contributed by atoms with E-state index < -0.39 is 10.0 Å². The fourth-order valence-electron chi connectivity index (χ4n) is 2.01. The summed E-state index contributed by atoms with van der Waals surface area (Å²) in [6.45, 7) is 4.12. The predicted molar refractivity (Wildman–Crippen MR) is 75.6 cm³/mol. The summed E-state index contributed by atoms with van der Waals surface area (Å²) in [6, 6.07) is 6.80. The lowest BCUT2D eigenvalue weighted by Crippen LogP contribution is -2.23. The van der Waals surface area contributed by atoms with E-state index >= 15 is 0 Å². The van der Waals surface area contributed by atoms with Crippen molar-refractivity contribution in [1.29, 1.82) is 0 Å². The molecule has 1 saturated heterocycles. The van der Waals surface area contributed by atoms with Crippen LogP contribution in [0, 0.1) is 0 Å².